The second-order valence-corrected chi connectivity index (χ2v) is 2.54. The molecule has 0 amide bonds. The summed E-state index contributed by atoms with van der Waals surface area (Å²) in [6, 6.07) is 0.402. The maximum Gasteiger partial charge on any atom is 0.0295 e. The van der Waals surface area contributed by atoms with Crippen LogP contribution < -0.4 is 5.32 Å². The van der Waals surface area contributed by atoms with Gasteiger partial charge in [0.1, 0.15) is 0 Å². The van der Waals surface area contributed by atoms with Crippen molar-refractivity contribution in [3.8, 4) is 0 Å². The van der Waals surface area contributed by atoms with Gasteiger partial charge in [0, 0.05) is 6.04 Å². The van der Waals surface area contributed by atoms with E-state index in [1.807, 2.05) is 31.4 Å². The molecule has 1 heteroatoms. The quantitative estimate of drug-likeness (QED) is 0.587. The number of likely N-dealkylation sites (N-methyl/N-ethyl adjacent to an activating group) is 1. The normalized spacial score (nSPS) is 17.8. The van der Waals surface area contributed by atoms with Crippen molar-refractivity contribution >= 4 is 0 Å². The van der Waals surface area contributed by atoms with E-state index in [2.05, 4.69) is 24.0 Å². The summed E-state index contributed by atoms with van der Waals surface area (Å²) in [5.74, 6) is 0. The highest BCUT2D eigenvalue weighted by atomic mass is 14.9. The van der Waals surface area contributed by atoms with Crippen LogP contribution in [0.2, 0.25) is 0 Å². The summed E-state index contributed by atoms with van der Waals surface area (Å²) in [5.41, 5.74) is 4.33. The van der Waals surface area contributed by atoms with Crippen molar-refractivity contribution < 1.29 is 0 Å². The highest BCUT2D eigenvalue weighted by Crippen LogP contribution is 2.05. The Labute approximate surface area is 67.8 Å². The van der Waals surface area contributed by atoms with Gasteiger partial charge in [-0.1, -0.05) is 18.2 Å². The van der Waals surface area contributed by atoms with Crippen LogP contribution in [0, 0.1) is 0 Å². The number of allylic oxidation sites excluding steroid dienone is 3. The second kappa shape index (κ2) is 3.97. The number of hydrogen-bond acceptors (Lipinski definition) is 1. The molecule has 0 aromatic rings. The average Bonchev–Trinajstić information content (AvgIpc) is 2.30. The van der Waals surface area contributed by atoms with E-state index in [-0.39, 0.29) is 0 Å². The first kappa shape index (κ1) is 8.06. The van der Waals surface area contributed by atoms with Gasteiger partial charge in [-0.2, -0.15) is 0 Å². The topological polar surface area (TPSA) is 12.0 Å². The van der Waals surface area contributed by atoms with Crippen LogP contribution in [-0.2, 0) is 0 Å². The minimum Gasteiger partial charge on any atom is -0.313 e. The zero-order valence-electron chi connectivity index (χ0n) is 6.96. The van der Waals surface area contributed by atoms with Crippen LogP contribution in [0.5, 0.6) is 0 Å². The Kier molecular flexibility index (Phi) is 2.91. The fourth-order valence-electron chi connectivity index (χ4n) is 0.906. The van der Waals surface area contributed by atoms with E-state index in [1.54, 1.807) is 0 Å². The van der Waals surface area contributed by atoms with E-state index < -0.39 is 0 Å². The first-order chi connectivity index (χ1) is 5.34. The minimum absolute atomic E-state index is 0.402. The molecule has 58 valence electrons. The summed E-state index contributed by atoms with van der Waals surface area (Å²) >= 11 is 0. The minimum atomic E-state index is 0.402. The fourth-order valence-corrected chi connectivity index (χ4v) is 0.906. The molecule has 0 bridgehead atoms. The first-order valence-electron chi connectivity index (χ1n) is 3.81. The molecule has 0 aromatic heterocycles. The Bertz CT molecular complexity index is 240. The van der Waals surface area contributed by atoms with Gasteiger partial charge in [0.25, 0.3) is 0 Å². The van der Waals surface area contributed by atoms with Crippen LogP contribution in [0.4, 0.5) is 0 Å². The van der Waals surface area contributed by atoms with Crippen molar-refractivity contribution in [2.45, 2.75) is 13.0 Å². The number of hydrogen-bond donors (Lipinski definition) is 1. The van der Waals surface area contributed by atoms with Gasteiger partial charge < -0.3 is 5.32 Å². The van der Waals surface area contributed by atoms with Gasteiger partial charge in [-0.3, -0.25) is 0 Å². The second-order valence-electron chi connectivity index (χ2n) is 2.54. The van der Waals surface area contributed by atoms with Gasteiger partial charge in [-0.15, -0.1) is 5.73 Å². The summed E-state index contributed by atoms with van der Waals surface area (Å²) in [6.07, 6.45) is 10.0. The van der Waals surface area contributed by atoms with E-state index in [4.69, 9.17) is 0 Å². The van der Waals surface area contributed by atoms with Crippen LogP contribution in [0.3, 0.4) is 0 Å². The molecule has 0 saturated carbocycles. The average molecular weight is 147 g/mol. The molecule has 0 aliphatic heterocycles. The van der Waals surface area contributed by atoms with E-state index in [1.165, 1.54) is 5.57 Å². The smallest absolute Gasteiger partial charge is 0.0295 e. The molecule has 0 fully saturated rings. The third-order valence-corrected chi connectivity index (χ3v) is 1.78. The zero-order chi connectivity index (χ0) is 8.10. The molecule has 1 rings (SSSR count). The standard InChI is InChI=1S/C10H13N/c1-9(11-2)10-7-5-3-4-6-8-10/h3-5,7-9,11H,1-2H3/t9-/m0/s1. The largest absolute Gasteiger partial charge is 0.313 e. The molecule has 0 heterocycles. The van der Waals surface area contributed by atoms with Crippen molar-refractivity contribution in [3.05, 3.63) is 41.7 Å². The fraction of sp³-hybridized carbons (Fsp3) is 0.300. The van der Waals surface area contributed by atoms with E-state index >= 15 is 0 Å². The van der Waals surface area contributed by atoms with Gasteiger partial charge in [-0.05, 0) is 31.7 Å². The Morgan fingerprint density at radius 2 is 2.27 bits per heavy atom. The maximum atomic E-state index is 3.18. The summed E-state index contributed by atoms with van der Waals surface area (Å²) in [4.78, 5) is 0. The third kappa shape index (κ3) is 2.23. The van der Waals surface area contributed by atoms with E-state index in [9.17, 15) is 0 Å². The Morgan fingerprint density at radius 3 is 3.00 bits per heavy atom. The Morgan fingerprint density at radius 1 is 1.45 bits per heavy atom. The molecule has 1 aliphatic rings. The van der Waals surface area contributed by atoms with Gasteiger partial charge in [-0.25, -0.2) is 0 Å². The molecule has 1 N–H and O–H groups in total. The van der Waals surface area contributed by atoms with Crippen molar-refractivity contribution in [2.24, 2.45) is 0 Å². The van der Waals surface area contributed by atoms with Crippen LogP contribution in [0.15, 0.2) is 41.7 Å². The molecule has 11 heavy (non-hydrogen) atoms. The Hall–Kier alpha value is -1.04. The predicted octanol–water partition coefficient (Wildman–Crippen LogP) is 1.80. The molecule has 0 radical (unpaired) electrons. The molecular formula is C10H13N. The molecule has 0 aromatic carbocycles. The van der Waals surface area contributed by atoms with Gasteiger partial charge in [0.15, 0.2) is 0 Å². The van der Waals surface area contributed by atoms with Crippen LogP contribution in [-0.4, -0.2) is 13.1 Å². The maximum absolute atomic E-state index is 3.18. The van der Waals surface area contributed by atoms with Gasteiger partial charge in [0.2, 0.25) is 0 Å². The van der Waals surface area contributed by atoms with Crippen molar-refractivity contribution in [2.75, 3.05) is 7.05 Å². The van der Waals surface area contributed by atoms with E-state index in [0.29, 0.717) is 6.04 Å². The summed E-state index contributed by atoms with van der Waals surface area (Å²) in [6.45, 7) is 2.13. The predicted molar refractivity (Wildman–Crippen MR) is 48.4 cm³/mol. The van der Waals surface area contributed by atoms with Crippen molar-refractivity contribution in [1.82, 2.24) is 5.32 Å². The lowest BCUT2D eigenvalue weighted by Gasteiger charge is -2.09. The first-order valence-corrected chi connectivity index (χ1v) is 3.81. The monoisotopic (exact) mass is 147 g/mol. The molecule has 1 aliphatic carbocycles. The third-order valence-electron chi connectivity index (χ3n) is 1.78. The lowest BCUT2D eigenvalue weighted by molar-refractivity contribution is 0.706. The molecule has 0 spiro atoms. The molecule has 0 unspecified atom stereocenters. The van der Waals surface area contributed by atoms with Crippen LogP contribution in [0.25, 0.3) is 0 Å². The summed E-state index contributed by atoms with van der Waals surface area (Å²) in [5, 5.41) is 3.18. The summed E-state index contributed by atoms with van der Waals surface area (Å²) < 4.78 is 0. The zero-order valence-corrected chi connectivity index (χ0v) is 6.96. The molecule has 0 saturated heterocycles. The van der Waals surface area contributed by atoms with Crippen LogP contribution >= 0.6 is 0 Å². The van der Waals surface area contributed by atoms with Crippen LogP contribution in [0.1, 0.15) is 6.92 Å². The van der Waals surface area contributed by atoms with E-state index in [0.717, 1.165) is 0 Å². The number of nitrogens with one attached hydrogen (secondary N) is 1. The van der Waals surface area contributed by atoms with Gasteiger partial charge >= 0.3 is 0 Å². The lowest BCUT2D eigenvalue weighted by atomic mass is 10.1. The molecule has 1 atom stereocenters. The highest BCUT2D eigenvalue weighted by molar-refractivity contribution is 5.31. The lowest BCUT2D eigenvalue weighted by Crippen LogP contribution is -2.22. The number of rotatable bonds is 2. The SMILES string of the molecule is CN[C@@H](C)C1=CC=CC=C=C1. The summed E-state index contributed by atoms with van der Waals surface area (Å²) in [7, 11) is 1.96. The van der Waals surface area contributed by atoms with Crippen molar-refractivity contribution in [1.29, 1.82) is 0 Å². The highest BCUT2D eigenvalue weighted by Gasteiger charge is 2.00. The molecule has 1 nitrogen and oxygen atoms in total. The Balaban J connectivity index is 2.79. The molecular weight excluding hydrogens is 134 g/mol. The van der Waals surface area contributed by atoms with Gasteiger partial charge in [0.05, 0.1) is 0 Å². The van der Waals surface area contributed by atoms with Crippen molar-refractivity contribution in [3.63, 3.8) is 0 Å².